The Labute approximate surface area is 129 Å². The molecular weight excluding hydrogens is 274 g/mol. The van der Waals surface area contributed by atoms with Crippen molar-refractivity contribution < 1.29 is 4.79 Å². The summed E-state index contributed by atoms with van der Waals surface area (Å²) in [6.45, 7) is 4.70. The molecule has 0 unspecified atom stereocenters. The van der Waals surface area contributed by atoms with Crippen molar-refractivity contribution in [3.8, 4) is 11.3 Å². The first-order valence-electron chi connectivity index (χ1n) is 7.19. The monoisotopic (exact) mass is 291 g/mol. The quantitative estimate of drug-likeness (QED) is 0.692. The molecule has 3 aromatic rings. The van der Waals surface area contributed by atoms with Gasteiger partial charge < -0.3 is 0 Å². The van der Waals surface area contributed by atoms with E-state index in [1.807, 2.05) is 43.3 Å². The van der Waals surface area contributed by atoms with Crippen LogP contribution in [0.2, 0.25) is 0 Å². The molecule has 22 heavy (non-hydrogen) atoms. The molecule has 1 heterocycles. The predicted molar refractivity (Wildman–Crippen MR) is 85.9 cm³/mol. The highest BCUT2D eigenvalue weighted by molar-refractivity contribution is 5.83. The number of hydrogen-bond acceptors (Lipinski definition) is 3. The SMILES string of the molecule is Cc1ccc(-c2c(C=O)nnn2Cc2ccccc2C)cc1. The van der Waals surface area contributed by atoms with Gasteiger partial charge in [-0.2, -0.15) is 0 Å². The second-order valence-electron chi connectivity index (χ2n) is 5.39. The van der Waals surface area contributed by atoms with E-state index in [2.05, 4.69) is 29.4 Å². The van der Waals surface area contributed by atoms with Crippen molar-refractivity contribution in [3.63, 3.8) is 0 Å². The van der Waals surface area contributed by atoms with Gasteiger partial charge in [-0.25, -0.2) is 4.68 Å². The number of benzene rings is 2. The zero-order valence-electron chi connectivity index (χ0n) is 12.7. The number of aromatic nitrogens is 3. The van der Waals surface area contributed by atoms with E-state index in [0.29, 0.717) is 12.2 Å². The number of nitrogens with zero attached hydrogens (tertiary/aromatic N) is 3. The molecule has 3 rings (SSSR count). The summed E-state index contributed by atoms with van der Waals surface area (Å²) in [4.78, 5) is 11.3. The van der Waals surface area contributed by atoms with Gasteiger partial charge in [0.1, 0.15) is 0 Å². The highest BCUT2D eigenvalue weighted by Gasteiger charge is 2.15. The van der Waals surface area contributed by atoms with Gasteiger partial charge in [-0.05, 0) is 25.0 Å². The average molecular weight is 291 g/mol. The van der Waals surface area contributed by atoms with Crippen LogP contribution in [0.4, 0.5) is 0 Å². The first kappa shape index (κ1) is 14.2. The van der Waals surface area contributed by atoms with E-state index in [-0.39, 0.29) is 0 Å². The number of aldehydes is 1. The van der Waals surface area contributed by atoms with E-state index in [9.17, 15) is 4.79 Å². The maximum atomic E-state index is 11.3. The van der Waals surface area contributed by atoms with Crippen molar-refractivity contribution >= 4 is 6.29 Å². The van der Waals surface area contributed by atoms with Crippen LogP contribution in [-0.2, 0) is 6.54 Å². The fourth-order valence-corrected chi connectivity index (χ4v) is 2.47. The number of aryl methyl sites for hydroxylation is 2. The minimum Gasteiger partial charge on any atom is -0.296 e. The highest BCUT2D eigenvalue weighted by Crippen LogP contribution is 2.23. The summed E-state index contributed by atoms with van der Waals surface area (Å²) in [6, 6.07) is 16.2. The molecule has 0 atom stereocenters. The summed E-state index contributed by atoms with van der Waals surface area (Å²) in [7, 11) is 0. The number of carbonyl (C=O) groups is 1. The normalized spacial score (nSPS) is 10.6. The summed E-state index contributed by atoms with van der Waals surface area (Å²) in [5.41, 5.74) is 5.62. The molecule has 0 aliphatic heterocycles. The van der Waals surface area contributed by atoms with Crippen molar-refractivity contribution in [1.29, 1.82) is 0 Å². The number of carbonyl (C=O) groups excluding carboxylic acids is 1. The van der Waals surface area contributed by atoms with E-state index < -0.39 is 0 Å². The maximum absolute atomic E-state index is 11.3. The Morgan fingerprint density at radius 2 is 1.77 bits per heavy atom. The highest BCUT2D eigenvalue weighted by atomic mass is 16.1. The van der Waals surface area contributed by atoms with Crippen molar-refractivity contribution in [2.75, 3.05) is 0 Å². The van der Waals surface area contributed by atoms with Gasteiger partial charge in [-0.15, -0.1) is 5.10 Å². The molecule has 0 aliphatic carbocycles. The summed E-state index contributed by atoms with van der Waals surface area (Å²) in [6.07, 6.45) is 0.760. The molecular formula is C18H17N3O. The van der Waals surface area contributed by atoms with E-state index >= 15 is 0 Å². The zero-order chi connectivity index (χ0) is 15.5. The topological polar surface area (TPSA) is 47.8 Å². The van der Waals surface area contributed by atoms with Gasteiger partial charge in [-0.3, -0.25) is 4.79 Å². The number of rotatable bonds is 4. The van der Waals surface area contributed by atoms with Crippen LogP contribution in [0, 0.1) is 13.8 Å². The molecule has 1 aromatic heterocycles. The smallest absolute Gasteiger partial charge is 0.172 e. The third-order valence-corrected chi connectivity index (χ3v) is 3.78. The minimum absolute atomic E-state index is 0.373. The lowest BCUT2D eigenvalue weighted by molar-refractivity contribution is 0.111. The van der Waals surface area contributed by atoms with Gasteiger partial charge in [-0.1, -0.05) is 59.3 Å². The van der Waals surface area contributed by atoms with E-state index in [1.54, 1.807) is 4.68 Å². The average Bonchev–Trinajstić information content (AvgIpc) is 2.93. The van der Waals surface area contributed by atoms with Crippen molar-refractivity contribution in [3.05, 3.63) is 70.9 Å². The first-order chi connectivity index (χ1) is 10.7. The van der Waals surface area contributed by atoms with Gasteiger partial charge in [0.05, 0.1) is 12.2 Å². The second-order valence-corrected chi connectivity index (χ2v) is 5.39. The van der Waals surface area contributed by atoms with Gasteiger partial charge in [0.2, 0.25) is 0 Å². The summed E-state index contributed by atoms with van der Waals surface area (Å²) in [5.74, 6) is 0. The predicted octanol–water partition coefficient (Wildman–Crippen LogP) is 3.42. The summed E-state index contributed by atoms with van der Waals surface area (Å²) >= 11 is 0. The lowest BCUT2D eigenvalue weighted by Gasteiger charge is -2.09. The van der Waals surface area contributed by atoms with Crippen LogP contribution in [-0.4, -0.2) is 21.3 Å². The van der Waals surface area contributed by atoms with Gasteiger partial charge >= 0.3 is 0 Å². The van der Waals surface area contributed by atoms with Crippen molar-refractivity contribution in [2.24, 2.45) is 0 Å². The molecule has 0 amide bonds. The molecule has 4 heteroatoms. The van der Waals surface area contributed by atoms with Gasteiger partial charge in [0.25, 0.3) is 0 Å². The lowest BCUT2D eigenvalue weighted by atomic mass is 10.1. The maximum Gasteiger partial charge on any atom is 0.172 e. The third kappa shape index (κ3) is 2.68. The Kier molecular flexibility index (Phi) is 3.83. The van der Waals surface area contributed by atoms with Crippen molar-refractivity contribution in [2.45, 2.75) is 20.4 Å². The molecule has 4 nitrogen and oxygen atoms in total. The largest absolute Gasteiger partial charge is 0.296 e. The van der Waals surface area contributed by atoms with Crippen LogP contribution >= 0.6 is 0 Å². The Morgan fingerprint density at radius 3 is 2.45 bits per heavy atom. The standard InChI is InChI=1S/C18H17N3O/c1-13-7-9-15(10-8-13)18-17(12-22)19-20-21(18)11-16-6-4-3-5-14(16)2/h3-10,12H,11H2,1-2H3. The van der Waals surface area contributed by atoms with Crippen LogP contribution in [0.25, 0.3) is 11.3 Å². The van der Waals surface area contributed by atoms with Crippen LogP contribution in [0.3, 0.4) is 0 Å². The zero-order valence-corrected chi connectivity index (χ0v) is 12.7. The second kappa shape index (κ2) is 5.93. The third-order valence-electron chi connectivity index (χ3n) is 3.78. The summed E-state index contributed by atoms with van der Waals surface area (Å²) < 4.78 is 1.79. The molecule has 110 valence electrons. The first-order valence-corrected chi connectivity index (χ1v) is 7.19. The molecule has 2 aromatic carbocycles. The fourth-order valence-electron chi connectivity index (χ4n) is 2.47. The van der Waals surface area contributed by atoms with Crippen molar-refractivity contribution in [1.82, 2.24) is 15.0 Å². The molecule has 0 N–H and O–H groups in total. The Morgan fingerprint density at radius 1 is 1.05 bits per heavy atom. The Bertz CT molecular complexity index is 803. The molecule has 0 spiro atoms. The lowest BCUT2D eigenvalue weighted by Crippen LogP contribution is -2.06. The minimum atomic E-state index is 0.373. The van der Waals surface area contributed by atoms with E-state index in [1.165, 1.54) is 16.7 Å². The molecule has 0 fully saturated rings. The van der Waals surface area contributed by atoms with Crippen LogP contribution in [0.1, 0.15) is 27.2 Å². The summed E-state index contributed by atoms with van der Waals surface area (Å²) in [5, 5.41) is 8.16. The van der Waals surface area contributed by atoms with Crippen LogP contribution < -0.4 is 0 Å². The molecule has 0 saturated heterocycles. The van der Waals surface area contributed by atoms with Crippen LogP contribution in [0.5, 0.6) is 0 Å². The molecule has 0 saturated carbocycles. The van der Waals surface area contributed by atoms with Gasteiger partial charge in [0.15, 0.2) is 12.0 Å². The van der Waals surface area contributed by atoms with Crippen LogP contribution in [0.15, 0.2) is 48.5 Å². The molecule has 0 bridgehead atoms. The van der Waals surface area contributed by atoms with E-state index in [0.717, 1.165) is 17.5 Å². The number of hydrogen-bond donors (Lipinski definition) is 0. The molecule has 0 aliphatic rings. The fraction of sp³-hybridized carbons (Fsp3) is 0.167. The Hall–Kier alpha value is -2.75. The Balaban J connectivity index is 2.06. The molecule has 0 radical (unpaired) electrons. The van der Waals surface area contributed by atoms with Gasteiger partial charge in [0, 0.05) is 5.56 Å². The van der Waals surface area contributed by atoms with E-state index in [4.69, 9.17) is 0 Å².